The Hall–Kier alpha value is -0.0200. The van der Waals surface area contributed by atoms with Crippen LogP contribution in [0.15, 0.2) is 0 Å². The summed E-state index contributed by atoms with van der Waals surface area (Å²) in [6.07, 6.45) is -0.219. The van der Waals surface area contributed by atoms with E-state index in [2.05, 4.69) is 0 Å². The molecular formula is C9H19O4P. The predicted molar refractivity (Wildman–Crippen MR) is 54.4 cm³/mol. The summed E-state index contributed by atoms with van der Waals surface area (Å²) in [4.78, 5) is 0. The molecule has 0 aromatic carbocycles. The minimum Gasteiger partial charge on any atom is -0.318 e. The van der Waals surface area contributed by atoms with Gasteiger partial charge in [-0.1, -0.05) is 0 Å². The molecule has 0 aromatic rings. The smallest absolute Gasteiger partial charge is 0.318 e. The standard InChI is InChI=1S/C9H19O4P/c1-6-11-9(14-10,12-7(2)3)13-8(4)5/h7-8H,6H2,1-5H3. The largest absolute Gasteiger partial charge is 0.369 e. The summed E-state index contributed by atoms with van der Waals surface area (Å²) in [5, 5.41) is 0. The highest BCUT2D eigenvalue weighted by molar-refractivity contribution is 7.25. The van der Waals surface area contributed by atoms with Crippen LogP contribution in [0.4, 0.5) is 0 Å². The van der Waals surface area contributed by atoms with Crippen LogP contribution in [-0.4, -0.2) is 24.5 Å². The Labute approximate surface area is 87.1 Å². The van der Waals surface area contributed by atoms with E-state index >= 15 is 0 Å². The fourth-order valence-electron chi connectivity index (χ4n) is 0.943. The van der Waals surface area contributed by atoms with Gasteiger partial charge in [0, 0.05) is 0 Å². The summed E-state index contributed by atoms with van der Waals surface area (Å²) in [5.41, 5.74) is -1.45. The zero-order valence-electron chi connectivity index (χ0n) is 9.44. The quantitative estimate of drug-likeness (QED) is 0.490. The van der Waals surface area contributed by atoms with Gasteiger partial charge in [0.25, 0.3) is 8.46 Å². The van der Waals surface area contributed by atoms with Crippen molar-refractivity contribution in [3.63, 3.8) is 0 Å². The molecular weight excluding hydrogens is 203 g/mol. The van der Waals surface area contributed by atoms with Crippen molar-refractivity contribution in [2.45, 2.75) is 52.5 Å². The summed E-state index contributed by atoms with van der Waals surface area (Å²) in [7, 11) is -0.312. The van der Waals surface area contributed by atoms with Crippen LogP contribution in [0.2, 0.25) is 0 Å². The molecule has 0 unspecified atom stereocenters. The molecule has 14 heavy (non-hydrogen) atoms. The van der Waals surface area contributed by atoms with E-state index in [1.165, 1.54) is 0 Å². The van der Waals surface area contributed by atoms with Crippen molar-refractivity contribution in [1.29, 1.82) is 0 Å². The van der Waals surface area contributed by atoms with Gasteiger partial charge in [0.1, 0.15) is 0 Å². The minimum absolute atomic E-state index is 0.109. The molecule has 5 heteroatoms. The average molecular weight is 222 g/mol. The van der Waals surface area contributed by atoms with Crippen molar-refractivity contribution in [1.82, 2.24) is 0 Å². The van der Waals surface area contributed by atoms with E-state index in [1.807, 2.05) is 27.7 Å². The topological polar surface area (TPSA) is 44.8 Å². The zero-order chi connectivity index (χ0) is 11.2. The first-order chi connectivity index (χ1) is 6.45. The molecule has 0 atom stereocenters. The molecule has 0 spiro atoms. The molecule has 4 nitrogen and oxygen atoms in total. The number of hydrogen-bond acceptors (Lipinski definition) is 4. The molecule has 0 radical (unpaired) electrons. The van der Waals surface area contributed by atoms with E-state index < -0.39 is 5.71 Å². The minimum atomic E-state index is -1.45. The molecule has 0 saturated carbocycles. The first kappa shape index (κ1) is 14.0. The Kier molecular flexibility index (Phi) is 6.45. The maximum absolute atomic E-state index is 11.0. The summed E-state index contributed by atoms with van der Waals surface area (Å²) in [6, 6.07) is 0. The molecule has 0 fully saturated rings. The highest BCUT2D eigenvalue weighted by Crippen LogP contribution is 2.30. The van der Waals surface area contributed by atoms with Crippen molar-refractivity contribution in [3.05, 3.63) is 0 Å². The number of ether oxygens (including phenoxy) is 3. The Morgan fingerprint density at radius 2 is 1.57 bits per heavy atom. The second-order valence-corrected chi connectivity index (χ2v) is 4.11. The molecule has 0 heterocycles. The predicted octanol–water partition coefficient (Wildman–Crippen LogP) is 2.78. The third-order valence-corrected chi connectivity index (χ3v) is 1.77. The van der Waals surface area contributed by atoms with E-state index in [4.69, 9.17) is 14.2 Å². The zero-order valence-corrected chi connectivity index (χ0v) is 10.3. The van der Waals surface area contributed by atoms with Gasteiger partial charge in [-0.25, -0.2) is 0 Å². The van der Waals surface area contributed by atoms with Crippen LogP contribution in [0.5, 0.6) is 0 Å². The van der Waals surface area contributed by atoms with Crippen molar-refractivity contribution >= 4 is 8.46 Å². The van der Waals surface area contributed by atoms with E-state index in [0.717, 1.165) is 0 Å². The highest BCUT2D eigenvalue weighted by Gasteiger charge is 2.37. The van der Waals surface area contributed by atoms with Crippen molar-refractivity contribution in [3.8, 4) is 0 Å². The van der Waals surface area contributed by atoms with Gasteiger partial charge in [0.15, 0.2) is 0 Å². The van der Waals surface area contributed by atoms with Gasteiger partial charge >= 0.3 is 5.71 Å². The lowest BCUT2D eigenvalue weighted by molar-refractivity contribution is -0.342. The lowest BCUT2D eigenvalue weighted by atomic mass is 10.5. The van der Waals surface area contributed by atoms with Crippen LogP contribution in [-0.2, 0) is 18.8 Å². The number of rotatable bonds is 7. The van der Waals surface area contributed by atoms with Gasteiger partial charge in [-0.15, -0.1) is 0 Å². The molecule has 84 valence electrons. The lowest BCUT2D eigenvalue weighted by Gasteiger charge is -2.29. The van der Waals surface area contributed by atoms with Crippen molar-refractivity contribution < 1.29 is 18.8 Å². The summed E-state index contributed by atoms with van der Waals surface area (Å²) < 4.78 is 27.0. The van der Waals surface area contributed by atoms with Crippen LogP contribution in [0.3, 0.4) is 0 Å². The Bertz CT molecular complexity index is 160. The molecule has 0 saturated heterocycles. The maximum atomic E-state index is 11.0. The van der Waals surface area contributed by atoms with E-state index in [0.29, 0.717) is 6.61 Å². The maximum Gasteiger partial charge on any atom is 0.369 e. The lowest BCUT2D eigenvalue weighted by Crippen LogP contribution is -2.37. The molecule has 0 amide bonds. The fourth-order valence-corrected chi connectivity index (χ4v) is 1.63. The third-order valence-electron chi connectivity index (χ3n) is 1.21. The van der Waals surface area contributed by atoms with Crippen LogP contribution in [0.25, 0.3) is 0 Å². The van der Waals surface area contributed by atoms with Gasteiger partial charge < -0.3 is 14.2 Å². The first-order valence-electron chi connectivity index (χ1n) is 4.80. The van der Waals surface area contributed by atoms with Crippen LogP contribution in [0.1, 0.15) is 34.6 Å². The molecule has 0 bridgehead atoms. The summed E-state index contributed by atoms with van der Waals surface area (Å²) in [5.74, 6) is 0. The first-order valence-corrected chi connectivity index (χ1v) is 5.61. The van der Waals surface area contributed by atoms with Crippen LogP contribution < -0.4 is 0 Å². The third kappa shape index (κ3) is 5.01. The van der Waals surface area contributed by atoms with E-state index in [1.54, 1.807) is 6.92 Å². The normalized spacial score (nSPS) is 13.1. The van der Waals surface area contributed by atoms with Gasteiger partial charge in [-0.05, 0) is 34.6 Å². The summed E-state index contributed by atoms with van der Waals surface area (Å²) >= 11 is 0. The van der Waals surface area contributed by atoms with Gasteiger partial charge in [0.2, 0.25) is 0 Å². The average Bonchev–Trinajstić information content (AvgIpc) is 2.02. The number of hydrogen-bond donors (Lipinski definition) is 0. The monoisotopic (exact) mass is 222 g/mol. The van der Waals surface area contributed by atoms with Crippen LogP contribution in [0, 0.1) is 0 Å². The highest BCUT2D eigenvalue weighted by atomic mass is 31.1. The van der Waals surface area contributed by atoms with Gasteiger partial charge in [0.05, 0.1) is 18.8 Å². The molecule has 0 aromatic heterocycles. The molecule has 0 rings (SSSR count). The summed E-state index contributed by atoms with van der Waals surface area (Å²) in [6.45, 7) is 9.53. The molecule has 0 N–H and O–H groups in total. The Morgan fingerprint density at radius 1 is 1.14 bits per heavy atom. The van der Waals surface area contributed by atoms with Crippen molar-refractivity contribution in [2.24, 2.45) is 0 Å². The van der Waals surface area contributed by atoms with Crippen LogP contribution >= 0.6 is 8.46 Å². The second kappa shape index (κ2) is 6.46. The van der Waals surface area contributed by atoms with Crippen molar-refractivity contribution in [2.75, 3.05) is 6.61 Å². The SMILES string of the molecule is CCOC(OC(C)C)(OC(C)C)P=O. The Balaban J connectivity index is 4.50. The molecule has 0 aliphatic rings. The fraction of sp³-hybridized carbons (Fsp3) is 1.00. The molecule has 0 aliphatic carbocycles. The second-order valence-electron chi connectivity index (χ2n) is 3.38. The Morgan fingerprint density at radius 3 is 1.79 bits per heavy atom. The van der Waals surface area contributed by atoms with E-state index in [9.17, 15) is 4.57 Å². The van der Waals surface area contributed by atoms with E-state index in [-0.39, 0.29) is 20.7 Å². The van der Waals surface area contributed by atoms with Gasteiger partial charge in [-0.3, -0.25) is 4.57 Å². The van der Waals surface area contributed by atoms with Gasteiger partial charge in [-0.2, -0.15) is 0 Å². The molecule has 0 aliphatic heterocycles.